The maximum absolute atomic E-state index is 11.9. The standard InChI is InChI=1S/C12H19N4O12P3/c1-6-2-16(12-9(6)11(13)14-5-15-12)7-3-25-8(10(7)17)4-26-30(21,22)28-31(23,24)27-29(18,19)20/h2,5,7-8,10,17H,3-4H2,1H3,(H,21,22)(H,23,24)(H2,13,14,15)(H2,18,19,20)/p+1/t7?,8-,10+/m1/s1. The van der Waals surface area contributed by atoms with Gasteiger partial charge in [0.1, 0.15) is 30.0 Å². The molecule has 0 bridgehead atoms. The predicted molar refractivity (Wildman–Crippen MR) is 102 cm³/mol. The van der Waals surface area contributed by atoms with Crippen LogP contribution in [0.2, 0.25) is 0 Å². The van der Waals surface area contributed by atoms with Crippen molar-refractivity contribution in [2.75, 3.05) is 18.9 Å². The summed E-state index contributed by atoms with van der Waals surface area (Å²) in [7, 11) is -16.2. The first-order valence-electron chi connectivity index (χ1n) is 8.38. The van der Waals surface area contributed by atoms with Crippen LogP contribution in [0.15, 0.2) is 12.5 Å². The van der Waals surface area contributed by atoms with Gasteiger partial charge in [0.15, 0.2) is 0 Å². The Labute approximate surface area is 174 Å². The summed E-state index contributed by atoms with van der Waals surface area (Å²) in [5.74, 6) is 0.253. The number of aliphatic hydroxyl groups is 1. The maximum atomic E-state index is 11.9. The number of nitrogens with zero attached hydrogens (tertiary/aromatic N) is 3. The van der Waals surface area contributed by atoms with Gasteiger partial charge in [-0.25, -0.2) is 19.1 Å². The fourth-order valence-electron chi connectivity index (χ4n) is 3.10. The first-order valence-corrected chi connectivity index (χ1v) is 13.0. The number of anilines is 1. The molecule has 3 heterocycles. The maximum Gasteiger partial charge on any atom is 0.647 e. The third-order valence-corrected chi connectivity index (χ3v) is 8.28. The first-order chi connectivity index (χ1) is 14.2. The number of nitrogen functional groups attached to an aromatic ring is 1. The second kappa shape index (κ2) is 8.60. The summed E-state index contributed by atoms with van der Waals surface area (Å²) in [5.41, 5.74) is 7.06. The highest BCUT2D eigenvalue weighted by atomic mass is 31.3. The van der Waals surface area contributed by atoms with E-state index in [0.29, 0.717) is 11.0 Å². The van der Waals surface area contributed by atoms with Crippen LogP contribution in [-0.2, 0) is 27.3 Å². The molecule has 3 rings (SSSR count). The molecule has 3 unspecified atom stereocenters. The number of aryl methyl sites for hydroxylation is 1. The smallest absolute Gasteiger partial charge is 0.388 e. The molecular weight excluding hydrogens is 485 g/mol. The SMILES string of the molecule is Cc1cn(C2CO[C@H](COP(=O)(O)[OH+]P(=O)(O)OP(=O)(O)O)[C@H]2O)c2ncnc(N)c12. The highest BCUT2D eigenvalue weighted by Crippen LogP contribution is 2.63. The normalized spacial score (nSPS) is 26.1. The van der Waals surface area contributed by atoms with Crippen LogP contribution in [0.5, 0.6) is 0 Å². The van der Waals surface area contributed by atoms with Crippen molar-refractivity contribution < 1.29 is 56.3 Å². The predicted octanol–water partition coefficient (Wildman–Crippen LogP) is -0.523. The molecule has 2 aromatic rings. The van der Waals surface area contributed by atoms with Crippen LogP contribution in [0.3, 0.4) is 0 Å². The minimum Gasteiger partial charge on any atom is -0.388 e. The number of fused-ring (bicyclic) bond motifs is 1. The molecule has 0 saturated carbocycles. The Morgan fingerprint density at radius 1 is 1.26 bits per heavy atom. The van der Waals surface area contributed by atoms with Crippen molar-refractivity contribution in [3.63, 3.8) is 0 Å². The van der Waals surface area contributed by atoms with Crippen LogP contribution in [0.1, 0.15) is 11.6 Å². The second-order valence-corrected chi connectivity index (χ2v) is 11.1. The lowest BCUT2D eigenvalue weighted by atomic mass is 10.1. The average Bonchev–Trinajstić information content (AvgIpc) is 3.11. The average molecular weight is 505 g/mol. The minimum atomic E-state index is -5.51. The van der Waals surface area contributed by atoms with E-state index in [4.69, 9.17) is 20.3 Å². The Balaban J connectivity index is 1.68. The molecule has 1 fully saturated rings. The number of aliphatic hydroxyl groups excluding tert-OH is 1. The first kappa shape index (κ1) is 24.4. The van der Waals surface area contributed by atoms with Gasteiger partial charge in [-0.1, -0.05) is 0 Å². The topological polar surface area (TPSA) is 250 Å². The summed E-state index contributed by atoms with van der Waals surface area (Å²) in [6, 6.07) is -0.670. The number of rotatable bonds is 8. The van der Waals surface area contributed by atoms with Gasteiger partial charge >= 0.3 is 23.5 Å². The lowest BCUT2D eigenvalue weighted by Crippen LogP contribution is -2.31. The Hall–Kier alpha value is -1.25. The zero-order valence-electron chi connectivity index (χ0n) is 15.7. The molecular formula is C12H20N4O12P3+. The van der Waals surface area contributed by atoms with Gasteiger partial charge < -0.3 is 29.9 Å². The van der Waals surface area contributed by atoms with E-state index in [0.717, 1.165) is 5.56 Å². The van der Waals surface area contributed by atoms with E-state index in [-0.39, 0.29) is 12.4 Å². The van der Waals surface area contributed by atoms with E-state index >= 15 is 0 Å². The van der Waals surface area contributed by atoms with Crippen molar-refractivity contribution in [3.05, 3.63) is 18.1 Å². The van der Waals surface area contributed by atoms with Gasteiger partial charge in [-0.05, 0) is 12.5 Å². The minimum absolute atomic E-state index is 0.0327. The highest BCUT2D eigenvalue weighted by Gasteiger charge is 2.49. The van der Waals surface area contributed by atoms with Crippen LogP contribution < -0.4 is 5.73 Å². The zero-order valence-corrected chi connectivity index (χ0v) is 18.4. The van der Waals surface area contributed by atoms with Crippen molar-refractivity contribution in [1.29, 1.82) is 0 Å². The van der Waals surface area contributed by atoms with Gasteiger partial charge in [0.2, 0.25) is 0 Å². The molecule has 1 aliphatic rings. The molecule has 16 nitrogen and oxygen atoms in total. The summed E-state index contributed by atoms with van der Waals surface area (Å²) < 4.78 is 51.5. The van der Waals surface area contributed by atoms with Gasteiger partial charge in [0.25, 0.3) is 0 Å². The summed E-state index contributed by atoms with van der Waals surface area (Å²) in [5, 5.41) is 11.2. The molecule has 1 aliphatic heterocycles. The van der Waals surface area contributed by atoms with E-state index in [1.807, 2.05) is 0 Å². The molecule has 5 atom stereocenters. The van der Waals surface area contributed by atoms with E-state index < -0.39 is 48.3 Å². The van der Waals surface area contributed by atoms with E-state index in [2.05, 4.69) is 23.1 Å². The number of nitrogens with two attached hydrogens (primary N) is 1. The molecule has 0 aromatic carbocycles. The molecule has 8 N–H and O–H groups in total. The van der Waals surface area contributed by atoms with Gasteiger partial charge in [0.05, 0.1) is 24.6 Å². The molecule has 0 aliphatic carbocycles. The second-order valence-electron chi connectivity index (χ2n) is 6.55. The van der Waals surface area contributed by atoms with E-state index in [1.165, 1.54) is 6.33 Å². The van der Waals surface area contributed by atoms with Crippen molar-refractivity contribution in [3.8, 4) is 0 Å². The summed E-state index contributed by atoms with van der Waals surface area (Å²) in [6.07, 6.45) is 0.549. The van der Waals surface area contributed by atoms with Crippen LogP contribution in [0, 0.1) is 6.92 Å². The third-order valence-electron chi connectivity index (χ3n) is 4.29. The molecule has 0 spiro atoms. The number of hydrogen-bond acceptors (Lipinski definition) is 10. The lowest BCUT2D eigenvalue weighted by Gasteiger charge is -2.19. The molecule has 31 heavy (non-hydrogen) atoms. The largest absolute Gasteiger partial charge is 0.647 e. The molecule has 0 radical (unpaired) electrons. The molecule has 0 amide bonds. The molecule has 2 aromatic heterocycles. The Bertz CT molecular complexity index is 1120. The van der Waals surface area contributed by atoms with Crippen LogP contribution >= 0.6 is 23.5 Å². The van der Waals surface area contributed by atoms with Crippen molar-refractivity contribution >= 4 is 40.3 Å². The fraction of sp³-hybridized carbons (Fsp3) is 0.500. The van der Waals surface area contributed by atoms with Gasteiger partial charge in [0, 0.05) is 6.20 Å². The van der Waals surface area contributed by atoms with Crippen molar-refractivity contribution in [1.82, 2.24) is 14.5 Å². The lowest BCUT2D eigenvalue weighted by molar-refractivity contribution is -0.00357. The van der Waals surface area contributed by atoms with Gasteiger partial charge in [-0.2, -0.15) is 9.13 Å². The Kier molecular flexibility index (Phi) is 6.76. The molecule has 1 saturated heterocycles. The van der Waals surface area contributed by atoms with Gasteiger partial charge in [-0.15, -0.1) is 4.31 Å². The fourth-order valence-corrected chi connectivity index (χ4v) is 6.33. The van der Waals surface area contributed by atoms with Crippen LogP contribution in [-0.4, -0.2) is 68.9 Å². The van der Waals surface area contributed by atoms with E-state index in [9.17, 15) is 28.6 Å². The third kappa shape index (κ3) is 5.76. The highest BCUT2D eigenvalue weighted by molar-refractivity contribution is 7.65. The van der Waals surface area contributed by atoms with Gasteiger partial charge in [-0.3, -0.25) is 14.1 Å². The van der Waals surface area contributed by atoms with Crippen molar-refractivity contribution in [2.45, 2.75) is 25.2 Å². The number of hydrogen-bond donors (Lipinski definition) is 6. The Morgan fingerprint density at radius 2 is 1.94 bits per heavy atom. The van der Waals surface area contributed by atoms with Crippen molar-refractivity contribution in [2.24, 2.45) is 0 Å². The number of ether oxygens (including phenoxy) is 1. The summed E-state index contributed by atoms with van der Waals surface area (Å²) in [4.78, 5) is 43.9. The zero-order chi connectivity index (χ0) is 23.2. The number of phosphoric acid groups is 1. The van der Waals surface area contributed by atoms with Crippen LogP contribution in [0.25, 0.3) is 11.0 Å². The quantitative estimate of drug-likeness (QED) is 0.195. The van der Waals surface area contributed by atoms with Crippen LogP contribution in [0.4, 0.5) is 5.82 Å². The summed E-state index contributed by atoms with van der Waals surface area (Å²) in [6.45, 7) is 1.01. The number of aromatic nitrogens is 3. The van der Waals surface area contributed by atoms with E-state index in [1.54, 1.807) is 17.7 Å². The monoisotopic (exact) mass is 505 g/mol. The molecule has 174 valence electrons. The molecule has 19 heteroatoms. The summed E-state index contributed by atoms with van der Waals surface area (Å²) >= 11 is 0. The Morgan fingerprint density at radius 3 is 2.58 bits per heavy atom.